The fourth-order valence-corrected chi connectivity index (χ4v) is 3.70. The molecule has 1 aromatic heterocycles. The predicted molar refractivity (Wildman–Crippen MR) is 120 cm³/mol. The van der Waals surface area contributed by atoms with Crippen LogP contribution in [0.3, 0.4) is 0 Å². The van der Waals surface area contributed by atoms with Crippen LogP contribution in [0.4, 0.5) is 11.4 Å². The van der Waals surface area contributed by atoms with Crippen LogP contribution in [-0.4, -0.2) is 44.4 Å². The minimum Gasteiger partial charge on any atom is -0.495 e. The van der Waals surface area contributed by atoms with Gasteiger partial charge in [-0.2, -0.15) is 4.68 Å². The van der Waals surface area contributed by atoms with Crippen molar-refractivity contribution in [3.05, 3.63) is 47.5 Å². The van der Waals surface area contributed by atoms with Gasteiger partial charge in [-0.1, -0.05) is 23.9 Å². The van der Waals surface area contributed by atoms with Crippen molar-refractivity contribution in [2.45, 2.75) is 38.1 Å². The minimum absolute atomic E-state index is 0.204. The molecule has 0 radical (unpaired) electrons. The number of hydrogen-bond acceptors (Lipinski definition) is 7. The summed E-state index contributed by atoms with van der Waals surface area (Å²) < 4.78 is 6.96. The highest BCUT2D eigenvalue weighted by Gasteiger charge is 2.21. The van der Waals surface area contributed by atoms with Crippen LogP contribution in [0.25, 0.3) is 5.69 Å². The summed E-state index contributed by atoms with van der Waals surface area (Å²) >= 11 is 1.25. The summed E-state index contributed by atoms with van der Waals surface area (Å²) in [5, 5.41) is 17.5. The zero-order chi connectivity index (χ0) is 22.5. The largest absolute Gasteiger partial charge is 0.495 e. The quantitative estimate of drug-likeness (QED) is 0.542. The van der Waals surface area contributed by atoms with Gasteiger partial charge in [-0.25, -0.2) is 0 Å². The van der Waals surface area contributed by atoms with Crippen LogP contribution in [0.15, 0.2) is 41.6 Å². The number of nitrogens with one attached hydrogen (secondary N) is 2. The van der Waals surface area contributed by atoms with Crippen LogP contribution in [0.1, 0.15) is 25.0 Å². The standard InChI is InChI=1S/C21H24N6O3S/c1-12-7-6-8-18(13(12)2)27-21(24-25-26-27)31-14(3)20(29)23-17-11-16(22-15(4)28)9-10-19(17)30-5/h6-11,14H,1-5H3,(H,22,28)(H,23,29). The second-order valence-electron chi connectivity index (χ2n) is 6.94. The molecule has 2 N–H and O–H groups in total. The van der Waals surface area contributed by atoms with E-state index >= 15 is 0 Å². The molecule has 0 bridgehead atoms. The van der Waals surface area contributed by atoms with Gasteiger partial charge in [0.15, 0.2) is 0 Å². The van der Waals surface area contributed by atoms with E-state index in [1.807, 2.05) is 32.0 Å². The molecule has 10 heteroatoms. The first kappa shape index (κ1) is 22.3. The van der Waals surface area contributed by atoms with Gasteiger partial charge in [0.25, 0.3) is 0 Å². The molecular formula is C21H24N6O3S. The third kappa shape index (κ3) is 5.21. The van der Waals surface area contributed by atoms with Crippen LogP contribution in [0.2, 0.25) is 0 Å². The number of tetrazole rings is 1. The second-order valence-corrected chi connectivity index (χ2v) is 8.25. The lowest BCUT2D eigenvalue weighted by Crippen LogP contribution is -2.23. The van der Waals surface area contributed by atoms with E-state index in [2.05, 4.69) is 26.2 Å². The first-order valence-corrected chi connectivity index (χ1v) is 10.5. The Morgan fingerprint density at radius 2 is 1.94 bits per heavy atom. The summed E-state index contributed by atoms with van der Waals surface area (Å²) in [4.78, 5) is 24.2. The number of aryl methyl sites for hydroxylation is 1. The number of carbonyl (C=O) groups excluding carboxylic acids is 2. The van der Waals surface area contributed by atoms with E-state index in [1.54, 1.807) is 29.8 Å². The molecule has 1 unspecified atom stereocenters. The number of nitrogens with zero attached hydrogens (tertiary/aromatic N) is 4. The lowest BCUT2D eigenvalue weighted by Gasteiger charge is -2.15. The Labute approximate surface area is 184 Å². The number of thioether (sulfide) groups is 1. The third-order valence-corrected chi connectivity index (χ3v) is 5.71. The molecule has 3 rings (SSSR count). The SMILES string of the molecule is COc1ccc(NC(C)=O)cc1NC(=O)C(C)Sc1nnnn1-c1cccc(C)c1C. The van der Waals surface area contributed by atoms with E-state index in [0.717, 1.165) is 16.8 Å². The summed E-state index contributed by atoms with van der Waals surface area (Å²) in [6.45, 7) is 7.22. The topological polar surface area (TPSA) is 111 Å². The highest BCUT2D eigenvalue weighted by atomic mass is 32.2. The fourth-order valence-electron chi connectivity index (χ4n) is 2.90. The van der Waals surface area contributed by atoms with Gasteiger partial charge in [-0.15, -0.1) is 5.10 Å². The van der Waals surface area contributed by atoms with E-state index < -0.39 is 5.25 Å². The van der Waals surface area contributed by atoms with Gasteiger partial charge in [-0.05, 0) is 66.6 Å². The number of hydrogen-bond donors (Lipinski definition) is 2. The monoisotopic (exact) mass is 440 g/mol. The molecule has 0 aliphatic rings. The number of amides is 2. The molecule has 0 spiro atoms. The van der Waals surface area contributed by atoms with Gasteiger partial charge in [0.05, 0.1) is 23.7 Å². The van der Waals surface area contributed by atoms with Gasteiger partial charge in [0, 0.05) is 12.6 Å². The maximum absolute atomic E-state index is 12.9. The zero-order valence-electron chi connectivity index (χ0n) is 18.0. The fraction of sp³-hybridized carbons (Fsp3) is 0.286. The molecule has 162 valence electrons. The van der Waals surface area contributed by atoms with E-state index in [9.17, 15) is 9.59 Å². The number of benzene rings is 2. The van der Waals surface area contributed by atoms with Crippen LogP contribution in [0, 0.1) is 13.8 Å². The highest BCUT2D eigenvalue weighted by molar-refractivity contribution is 8.00. The Bertz CT molecular complexity index is 1110. The second kappa shape index (κ2) is 9.61. The molecule has 2 aromatic carbocycles. The van der Waals surface area contributed by atoms with Crippen molar-refractivity contribution in [1.29, 1.82) is 0 Å². The van der Waals surface area contributed by atoms with Crippen LogP contribution in [-0.2, 0) is 9.59 Å². The number of methoxy groups -OCH3 is 1. The summed E-state index contributed by atoms with van der Waals surface area (Å²) in [6.07, 6.45) is 0. The van der Waals surface area contributed by atoms with E-state index in [1.165, 1.54) is 25.8 Å². The van der Waals surface area contributed by atoms with Gasteiger partial charge in [-0.3, -0.25) is 9.59 Å². The number of aromatic nitrogens is 4. The molecule has 3 aromatic rings. The maximum atomic E-state index is 12.9. The van der Waals surface area contributed by atoms with Gasteiger partial charge in [0.1, 0.15) is 5.75 Å². The van der Waals surface area contributed by atoms with Crippen molar-refractivity contribution in [3.8, 4) is 11.4 Å². The number of rotatable bonds is 7. The Balaban J connectivity index is 1.78. The van der Waals surface area contributed by atoms with Gasteiger partial charge in [0.2, 0.25) is 17.0 Å². The average molecular weight is 441 g/mol. The number of ether oxygens (including phenoxy) is 1. The smallest absolute Gasteiger partial charge is 0.237 e. The molecule has 0 aliphatic carbocycles. The highest BCUT2D eigenvalue weighted by Crippen LogP contribution is 2.30. The first-order valence-electron chi connectivity index (χ1n) is 9.58. The van der Waals surface area contributed by atoms with Gasteiger partial charge < -0.3 is 15.4 Å². The number of anilines is 2. The first-order chi connectivity index (χ1) is 14.8. The predicted octanol–water partition coefficient (Wildman–Crippen LogP) is 3.37. The third-order valence-electron chi connectivity index (χ3n) is 4.67. The molecule has 0 fully saturated rings. The molecular weight excluding hydrogens is 416 g/mol. The molecule has 31 heavy (non-hydrogen) atoms. The summed E-state index contributed by atoms with van der Waals surface area (Å²) in [5.74, 6) is 0.0308. The van der Waals surface area contributed by atoms with Crippen molar-refractivity contribution in [2.24, 2.45) is 0 Å². The lowest BCUT2D eigenvalue weighted by atomic mass is 10.1. The minimum atomic E-state index is -0.496. The summed E-state index contributed by atoms with van der Waals surface area (Å²) in [6, 6.07) is 10.9. The van der Waals surface area contributed by atoms with Crippen molar-refractivity contribution in [1.82, 2.24) is 20.2 Å². The molecule has 1 atom stereocenters. The van der Waals surface area contributed by atoms with Gasteiger partial charge >= 0.3 is 0 Å². The van der Waals surface area contributed by atoms with E-state index in [4.69, 9.17) is 4.74 Å². The Morgan fingerprint density at radius 3 is 2.65 bits per heavy atom. The molecule has 0 aliphatic heterocycles. The van der Waals surface area contributed by atoms with Crippen molar-refractivity contribution < 1.29 is 14.3 Å². The summed E-state index contributed by atoms with van der Waals surface area (Å²) in [7, 11) is 1.51. The molecule has 2 amide bonds. The van der Waals surface area contributed by atoms with Crippen LogP contribution in [0.5, 0.6) is 5.75 Å². The summed E-state index contributed by atoms with van der Waals surface area (Å²) in [5.41, 5.74) is 4.07. The molecule has 0 saturated carbocycles. The number of carbonyl (C=O) groups is 2. The van der Waals surface area contributed by atoms with Crippen molar-refractivity contribution in [2.75, 3.05) is 17.7 Å². The van der Waals surface area contributed by atoms with Crippen molar-refractivity contribution >= 4 is 35.0 Å². The maximum Gasteiger partial charge on any atom is 0.237 e. The lowest BCUT2D eigenvalue weighted by molar-refractivity contribution is -0.115. The normalized spacial score (nSPS) is 11.6. The van der Waals surface area contributed by atoms with E-state index in [-0.39, 0.29) is 11.8 Å². The zero-order valence-corrected chi connectivity index (χ0v) is 18.8. The van der Waals surface area contributed by atoms with Crippen LogP contribution < -0.4 is 15.4 Å². The van der Waals surface area contributed by atoms with E-state index in [0.29, 0.717) is 22.3 Å². The Hall–Kier alpha value is -3.40. The Kier molecular flexibility index (Phi) is 6.91. The molecule has 1 heterocycles. The Morgan fingerprint density at radius 1 is 1.16 bits per heavy atom. The van der Waals surface area contributed by atoms with Crippen LogP contribution >= 0.6 is 11.8 Å². The molecule has 0 saturated heterocycles. The average Bonchev–Trinajstić information content (AvgIpc) is 3.17. The molecule has 9 nitrogen and oxygen atoms in total. The van der Waals surface area contributed by atoms with Crippen molar-refractivity contribution in [3.63, 3.8) is 0 Å².